The minimum atomic E-state index is -3.87. The quantitative estimate of drug-likeness (QED) is 0.654. The van der Waals surface area contributed by atoms with Crippen molar-refractivity contribution in [2.75, 3.05) is 0 Å². The highest BCUT2D eigenvalue weighted by Crippen LogP contribution is 2.30. The van der Waals surface area contributed by atoms with Gasteiger partial charge in [-0.05, 0) is 74.0 Å². The Morgan fingerprint density at radius 2 is 1.73 bits per heavy atom. The molecule has 0 unspecified atom stereocenters. The molecule has 158 valence electrons. The van der Waals surface area contributed by atoms with Crippen LogP contribution in [0.3, 0.4) is 0 Å². The van der Waals surface area contributed by atoms with E-state index in [-0.39, 0.29) is 23.0 Å². The third-order valence-electron chi connectivity index (χ3n) is 5.85. The summed E-state index contributed by atoms with van der Waals surface area (Å²) in [5.41, 5.74) is 2.94. The second kappa shape index (κ2) is 7.96. The molecule has 1 heterocycles. The van der Waals surface area contributed by atoms with Crippen molar-refractivity contribution in [3.8, 4) is 0 Å². The fourth-order valence-electron chi connectivity index (χ4n) is 4.36. The van der Waals surface area contributed by atoms with Crippen molar-refractivity contribution in [3.63, 3.8) is 0 Å². The molecule has 4 rings (SSSR count). The number of hydrogen-bond donors (Lipinski definition) is 1. The molecule has 0 amide bonds. The van der Waals surface area contributed by atoms with Crippen molar-refractivity contribution < 1.29 is 12.8 Å². The van der Waals surface area contributed by atoms with E-state index in [9.17, 15) is 17.6 Å². The summed E-state index contributed by atoms with van der Waals surface area (Å²) in [6.07, 6.45) is 3.41. The molecule has 0 bridgehead atoms. The van der Waals surface area contributed by atoms with Crippen LogP contribution in [0.4, 0.5) is 4.39 Å². The van der Waals surface area contributed by atoms with E-state index in [4.69, 9.17) is 0 Å². The summed E-state index contributed by atoms with van der Waals surface area (Å²) in [6.45, 7) is 3.92. The number of pyridine rings is 1. The van der Waals surface area contributed by atoms with Crippen molar-refractivity contribution in [2.45, 2.75) is 57.0 Å². The topological polar surface area (TPSA) is 70.2 Å². The van der Waals surface area contributed by atoms with Crippen molar-refractivity contribution in [1.82, 2.24) is 9.29 Å². The van der Waals surface area contributed by atoms with Crippen molar-refractivity contribution in [2.24, 2.45) is 0 Å². The van der Waals surface area contributed by atoms with Gasteiger partial charge >= 0.3 is 0 Å². The van der Waals surface area contributed by atoms with Gasteiger partial charge in [-0.25, -0.2) is 12.8 Å². The normalized spacial score (nSPS) is 15.3. The summed E-state index contributed by atoms with van der Waals surface area (Å²) in [7, 11) is -3.87. The molecule has 0 aliphatic heterocycles. The van der Waals surface area contributed by atoms with Crippen LogP contribution in [0.1, 0.15) is 42.4 Å². The van der Waals surface area contributed by atoms with Crippen molar-refractivity contribution >= 4 is 20.9 Å². The van der Waals surface area contributed by atoms with Crippen LogP contribution in [0.2, 0.25) is 0 Å². The number of rotatable bonds is 5. The number of fused-ring (bicyclic) bond motifs is 1. The molecule has 1 saturated carbocycles. The second-order valence-corrected chi connectivity index (χ2v) is 10.0. The van der Waals surface area contributed by atoms with Gasteiger partial charge in [-0.2, -0.15) is 4.31 Å². The standard InChI is InChI=1S/C23H25FN2O3S/c1-15-11-16(2)22-17(12-15)13-18(23(27)25-22)14-26(20-5-3-4-6-20)30(28,29)21-9-7-19(24)8-10-21/h7-13,20H,3-6,14H2,1-2H3,(H,25,27). The molecular formula is C23H25FN2O3S. The average Bonchev–Trinajstić information content (AvgIpc) is 3.21. The summed E-state index contributed by atoms with van der Waals surface area (Å²) in [5, 5.41) is 0.882. The Hall–Kier alpha value is -2.51. The van der Waals surface area contributed by atoms with Gasteiger partial charge in [-0.1, -0.05) is 24.5 Å². The first kappa shape index (κ1) is 20.8. The Bertz CT molecular complexity index is 1240. The zero-order valence-corrected chi connectivity index (χ0v) is 17.9. The third-order valence-corrected chi connectivity index (χ3v) is 7.76. The van der Waals surface area contributed by atoms with E-state index < -0.39 is 15.8 Å². The molecule has 5 nitrogen and oxygen atoms in total. The first-order chi connectivity index (χ1) is 14.3. The smallest absolute Gasteiger partial charge is 0.252 e. The van der Waals surface area contributed by atoms with Crippen LogP contribution >= 0.6 is 0 Å². The molecule has 0 spiro atoms. The van der Waals surface area contributed by atoms with Crippen LogP contribution in [0.25, 0.3) is 10.9 Å². The second-order valence-electron chi connectivity index (χ2n) is 8.11. The lowest BCUT2D eigenvalue weighted by molar-refractivity contribution is 0.315. The third kappa shape index (κ3) is 3.91. The van der Waals surface area contributed by atoms with E-state index in [0.29, 0.717) is 5.56 Å². The molecule has 0 radical (unpaired) electrons. The van der Waals surface area contributed by atoms with E-state index in [1.165, 1.54) is 16.4 Å². The molecule has 3 aromatic rings. The van der Waals surface area contributed by atoms with E-state index >= 15 is 0 Å². The zero-order chi connectivity index (χ0) is 21.5. The van der Waals surface area contributed by atoms with Gasteiger partial charge in [0, 0.05) is 18.2 Å². The summed E-state index contributed by atoms with van der Waals surface area (Å²) < 4.78 is 41.6. The van der Waals surface area contributed by atoms with E-state index in [1.54, 1.807) is 6.07 Å². The molecule has 0 saturated heterocycles. The molecule has 1 aromatic heterocycles. The zero-order valence-electron chi connectivity index (χ0n) is 17.1. The van der Waals surface area contributed by atoms with Gasteiger partial charge in [0.05, 0.1) is 10.4 Å². The Labute approximate surface area is 175 Å². The maximum absolute atomic E-state index is 13.4. The first-order valence-corrected chi connectivity index (χ1v) is 11.6. The molecule has 0 atom stereocenters. The van der Waals surface area contributed by atoms with Gasteiger partial charge in [-0.3, -0.25) is 4.79 Å². The molecule has 2 aromatic carbocycles. The molecule has 1 fully saturated rings. The number of aromatic nitrogens is 1. The van der Waals surface area contributed by atoms with Gasteiger partial charge in [0.2, 0.25) is 10.0 Å². The van der Waals surface area contributed by atoms with Gasteiger partial charge < -0.3 is 4.98 Å². The highest BCUT2D eigenvalue weighted by Gasteiger charge is 2.34. The SMILES string of the molecule is Cc1cc(C)c2[nH]c(=O)c(CN(C3CCCC3)S(=O)(=O)c3ccc(F)cc3)cc2c1. The highest BCUT2D eigenvalue weighted by atomic mass is 32.2. The maximum atomic E-state index is 13.4. The van der Waals surface area contributed by atoms with Gasteiger partial charge in [0.25, 0.3) is 5.56 Å². The van der Waals surface area contributed by atoms with Crippen molar-refractivity contribution in [3.05, 3.63) is 75.3 Å². The number of sulfonamides is 1. The lowest BCUT2D eigenvalue weighted by atomic mass is 10.1. The molecule has 1 aliphatic rings. The van der Waals surface area contributed by atoms with E-state index in [1.807, 2.05) is 26.0 Å². The monoisotopic (exact) mass is 428 g/mol. The van der Waals surface area contributed by atoms with Crippen LogP contribution in [0, 0.1) is 19.7 Å². The predicted molar refractivity (Wildman–Crippen MR) is 115 cm³/mol. The van der Waals surface area contributed by atoms with Gasteiger partial charge in [0.1, 0.15) is 5.82 Å². The fourth-order valence-corrected chi connectivity index (χ4v) is 6.03. The number of hydrogen-bond acceptors (Lipinski definition) is 3. The van der Waals surface area contributed by atoms with Crippen LogP contribution < -0.4 is 5.56 Å². The van der Waals surface area contributed by atoms with Crippen LogP contribution in [-0.4, -0.2) is 23.7 Å². The number of H-pyrrole nitrogens is 1. The minimum absolute atomic E-state index is 0.0113. The largest absolute Gasteiger partial charge is 0.321 e. The van der Waals surface area contributed by atoms with Crippen molar-refractivity contribution in [1.29, 1.82) is 0 Å². The molecular weight excluding hydrogens is 403 g/mol. The molecule has 30 heavy (non-hydrogen) atoms. The van der Waals surface area contributed by atoms with Crippen LogP contribution in [-0.2, 0) is 16.6 Å². The fraction of sp³-hybridized carbons (Fsp3) is 0.348. The Balaban J connectivity index is 1.79. The highest BCUT2D eigenvalue weighted by molar-refractivity contribution is 7.89. The number of nitrogens with one attached hydrogen (secondary N) is 1. The lowest BCUT2D eigenvalue weighted by Crippen LogP contribution is -2.39. The summed E-state index contributed by atoms with van der Waals surface area (Å²) in [4.78, 5) is 15.8. The van der Waals surface area contributed by atoms with Crippen LogP contribution in [0.5, 0.6) is 0 Å². The lowest BCUT2D eigenvalue weighted by Gasteiger charge is -2.28. The number of halogens is 1. The Morgan fingerprint density at radius 1 is 1.07 bits per heavy atom. The van der Waals surface area contributed by atoms with Gasteiger partial charge in [-0.15, -0.1) is 0 Å². The number of benzene rings is 2. The average molecular weight is 429 g/mol. The van der Waals surface area contributed by atoms with Gasteiger partial charge in [0.15, 0.2) is 0 Å². The summed E-state index contributed by atoms with van der Waals surface area (Å²) in [6, 6.07) is 10.5. The van der Waals surface area contributed by atoms with Crippen LogP contribution in [0.15, 0.2) is 52.2 Å². The number of aromatic amines is 1. The minimum Gasteiger partial charge on any atom is -0.321 e. The molecule has 7 heteroatoms. The molecule has 1 N–H and O–H groups in total. The summed E-state index contributed by atoms with van der Waals surface area (Å²) in [5.74, 6) is -0.488. The van der Waals surface area contributed by atoms with E-state index in [0.717, 1.165) is 59.8 Å². The number of nitrogens with zero attached hydrogens (tertiary/aromatic N) is 1. The number of aryl methyl sites for hydroxylation is 2. The molecule has 1 aliphatic carbocycles. The van der Waals surface area contributed by atoms with E-state index in [2.05, 4.69) is 4.98 Å². The predicted octanol–water partition coefficient (Wildman–Crippen LogP) is 4.42. The Kier molecular flexibility index (Phi) is 5.51. The first-order valence-electron chi connectivity index (χ1n) is 10.2. The Morgan fingerprint density at radius 3 is 2.40 bits per heavy atom. The summed E-state index contributed by atoms with van der Waals surface area (Å²) >= 11 is 0. The maximum Gasteiger partial charge on any atom is 0.252 e.